The maximum absolute atomic E-state index is 11.9. The lowest BCUT2D eigenvalue weighted by Crippen LogP contribution is -2.61. The van der Waals surface area contributed by atoms with E-state index >= 15 is 0 Å². The molecule has 1 saturated carbocycles. The van der Waals surface area contributed by atoms with Crippen LogP contribution >= 0.6 is 0 Å². The number of carbonyl (C=O) groups is 2. The van der Waals surface area contributed by atoms with Gasteiger partial charge in [0.25, 0.3) is 0 Å². The third-order valence-corrected chi connectivity index (χ3v) is 3.99. The van der Waals surface area contributed by atoms with Gasteiger partial charge < -0.3 is 15.2 Å². The molecule has 1 aliphatic carbocycles. The van der Waals surface area contributed by atoms with Crippen molar-refractivity contribution in [1.82, 2.24) is 5.32 Å². The molecule has 1 amide bonds. The highest BCUT2D eigenvalue weighted by Gasteiger charge is 2.49. The van der Waals surface area contributed by atoms with Gasteiger partial charge in [-0.2, -0.15) is 0 Å². The van der Waals surface area contributed by atoms with Gasteiger partial charge in [-0.1, -0.05) is 13.8 Å². The Morgan fingerprint density at radius 2 is 1.83 bits per heavy atom. The largest absolute Gasteiger partial charge is 0.478 e. The Labute approximate surface area is 107 Å². The average Bonchev–Trinajstić information content (AvgIpc) is 2.31. The van der Waals surface area contributed by atoms with Gasteiger partial charge in [0.15, 0.2) is 0 Å². The van der Waals surface area contributed by atoms with Crippen molar-refractivity contribution in [2.24, 2.45) is 5.41 Å². The molecule has 0 aromatic rings. The lowest BCUT2D eigenvalue weighted by atomic mass is 9.64. The summed E-state index contributed by atoms with van der Waals surface area (Å²) in [6, 6.07) is 0.0199. The summed E-state index contributed by atoms with van der Waals surface area (Å²) in [6.45, 7) is 7.01. The Hall–Kier alpha value is -1.36. The SMILES string of the molecule is COC1CC(NC(=O)C(C)=C(C)C(=O)O)C1(C)C. The molecule has 0 heterocycles. The molecule has 2 unspecified atom stereocenters. The number of hydrogen-bond donors (Lipinski definition) is 2. The van der Waals surface area contributed by atoms with E-state index in [0.717, 1.165) is 6.42 Å². The van der Waals surface area contributed by atoms with Gasteiger partial charge >= 0.3 is 5.97 Å². The zero-order valence-electron chi connectivity index (χ0n) is 11.5. The van der Waals surface area contributed by atoms with Crippen molar-refractivity contribution in [3.05, 3.63) is 11.1 Å². The smallest absolute Gasteiger partial charge is 0.331 e. The normalized spacial score (nSPS) is 26.9. The Bertz CT molecular complexity index is 398. The number of carbonyl (C=O) groups excluding carboxylic acids is 1. The van der Waals surface area contributed by atoms with Gasteiger partial charge in [0.2, 0.25) is 5.91 Å². The van der Waals surface area contributed by atoms with Gasteiger partial charge in [-0.3, -0.25) is 4.79 Å². The summed E-state index contributed by atoms with van der Waals surface area (Å²) in [7, 11) is 1.66. The molecule has 102 valence electrons. The third-order valence-electron chi connectivity index (χ3n) is 3.99. The molecule has 5 heteroatoms. The first-order chi connectivity index (χ1) is 8.21. The van der Waals surface area contributed by atoms with E-state index in [1.807, 2.05) is 13.8 Å². The second kappa shape index (κ2) is 5.10. The number of amides is 1. The summed E-state index contributed by atoms with van der Waals surface area (Å²) < 4.78 is 5.30. The Morgan fingerprint density at radius 3 is 2.22 bits per heavy atom. The molecule has 18 heavy (non-hydrogen) atoms. The maximum Gasteiger partial charge on any atom is 0.331 e. The lowest BCUT2D eigenvalue weighted by molar-refractivity contribution is -0.134. The molecule has 0 aliphatic heterocycles. The summed E-state index contributed by atoms with van der Waals surface area (Å²) in [4.78, 5) is 22.7. The number of aliphatic carboxylic acids is 1. The molecule has 5 nitrogen and oxygen atoms in total. The van der Waals surface area contributed by atoms with Crippen molar-refractivity contribution in [2.45, 2.75) is 46.3 Å². The van der Waals surface area contributed by atoms with Crippen molar-refractivity contribution >= 4 is 11.9 Å². The van der Waals surface area contributed by atoms with E-state index in [9.17, 15) is 9.59 Å². The first kappa shape index (κ1) is 14.7. The van der Waals surface area contributed by atoms with E-state index in [2.05, 4.69) is 5.32 Å². The Balaban J connectivity index is 2.69. The van der Waals surface area contributed by atoms with Gasteiger partial charge in [-0.15, -0.1) is 0 Å². The first-order valence-corrected chi connectivity index (χ1v) is 5.96. The fourth-order valence-electron chi connectivity index (χ4n) is 2.13. The summed E-state index contributed by atoms with van der Waals surface area (Å²) >= 11 is 0. The van der Waals surface area contributed by atoms with Gasteiger partial charge in [0.05, 0.1) is 6.10 Å². The molecule has 0 saturated heterocycles. The predicted molar refractivity (Wildman–Crippen MR) is 67.1 cm³/mol. The zero-order chi connectivity index (χ0) is 14.1. The van der Waals surface area contributed by atoms with Crippen LogP contribution in [0.1, 0.15) is 34.1 Å². The van der Waals surface area contributed by atoms with Crippen LogP contribution in [0.5, 0.6) is 0 Å². The van der Waals surface area contributed by atoms with Gasteiger partial charge in [-0.25, -0.2) is 4.79 Å². The summed E-state index contributed by atoms with van der Waals surface area (Å²) in [5.41, 5.74) is 0.203. The van der Waals surface area contributed by atoms with Crippen molar-refractivity contribution in [2.75, 3.05) is 7.11 Å². The summed E-state index contributed by atoms with van der Waals surface area (Å²) in [5.74, 6) is -1.38. The molecule has 2 N–H and O–H groups in total. The van der Waals surface area contributed by atoms with Crippen LogP contribution in [0, 0.1) is 5.41 Å². The number of ether oxygens (including phenoxy) is 1. The summed E-state index contributed by atoms with van der Waals surface area (Å²) in [6.07, 6.45) is 0.891. The summed E-state index contributed by atoms with van der Waals surface area (Å²) in [5, 5.41) is 11.7. The molecule has 0 radical (unpaired) electrons. The molecule has 0 spiro atoms. The number of carboxylic acid groups (broad SMARTS) is 1. The van der Waals surface area contributed by atoms with E-state index in [4.69, 9.17) is 9.84 Å². The highest BCUT2D eigenvalue weighted by molar-refractivity contribution is 6.01. The van der Waals surface area contributed by atoms with Crippen LogP contribution in [0.25, 0.3) is 0 Å². The second-order valence-corrected chi connectivity index (χ2v) is 5.36. The second-order valence-electron chi connectivity index (χ2n) is 5.36. The number of nitrogens with one attached hydrogen (secondary N) is 1. The van der Waals surface area contributed by atoms with Crippen LogP contribution in [0.15, 0.2) is 11.1 Å². The predicted octanol–water partition coefficient (Wildman–Crippen LogP) is 1.34. The molecule has 0 aromatic heterocycles. The minimum atomic E-state index is -1.06. The van der Waals surface area contributed by atoms with Gasteiger partial charge in [0, 0.05) is 29.7 Å². The van der Waals surface area contributed by atoms with E-state index in [0.29, 0.717) is 0 Å². The van der Waals surface area contributed by atoms with Crippen LogP contribution in [0.3, 0.4) is 0 Å². The standard InChI is InChI=1S/C13H21NO4/c1-7(8(2)12(16)17)11(15)14-9-6-10(18-5)13(9,3)4/h9-10H,6H2,1-5H3,(H,14,15)(H,16,17). The fourth-order valence-corrected chi connectivity index (χ4v) is 2.13. The molecule has 0 bridgehead atoms. The highest BCUT2D eigenvalue weighted by atomic mass is 16.5. The molecular formula is C13H21NO4. The van der Waals surface area contributed by atoms with Crippen LogP contribution in [0.2, 0.25) is 0 Å². The molecule has 2 atom stereocenters. The number of hydrogen-bond acceptors (Lipinski definition) is 3. The van der Waals surface area contributed by atoms with Crippen LogP contribution in [-0.2, 0) is 14.3 Å². The monoisotopic (exact) mass is 255 g/mol. The highest BCUT2D eigenvalue weighted by Crippen LogP contribution is 2.42. The number of carboxylic acids is 1. The Kier molecular flexibility index (Phi) is 4.16. The van der Waals surface area contributed by atoms with E-state index < -0.39 is 5.97 Å². The van der Waals surface area contributed by atoms with Crippen LogP contribution < -0.4 is 5.32 Å². The van der Waals surface area contributed by atoms with Gasteiger partial charge in [0.1, 0.15) is 0 Å². The van der Waals surface area contributed by atoms with E-state index in [1.54, 1.807) is 7.11 Å². The van der Waals surface area contributed by atoms with Gasteiger partial charge in [-0.05, 0) is 20.3 Å². The van der Waals surface area contributed by atoms with Crippen LogP contribution in [0.4, 0.5) is 0 Å². The lowest BCUT2D eigenvalue weighted by Gasteiger charge is -2.51. The first-order valence-electron chi connectivity index (χ1n) is 5.96. The van der Waals surface area contributed by atoms with Crippen molar-refractivity contribution in [1.29, 1.82) is 0 Å². The topological polar surface area (TPSA) is 75.6 Å². The van der Waals surface area contributed by atoms with E-state index in [-0.39, 0.29) is 34.6 Å². The van der Waals surface area contributed by atoms with Crippen LogP contribution in [-0.4, -0.2) is 36.2 Å². The van der Waals surface area contributed by atoms with Crippen molar-refractivity contribution < 1.29 is 19.4 Å². The zero-order valence-corrected chi connectivity index (χ0v) is 11.5. The number of methoxy groups -OCH3 is 1. The number of rotatable bonds is 4. The van der Waals surface area contributed by atoms with Crippen molar-refractivity contribution in [3.63, 3.8) is 0 Å². The molecule has 1 rings (SSSR count). The van der Waals surface area contributed by atoms with Crippen molar-refractivity contribution in [3.8, 4) is 0 Å². The molecule has 1 aliphatic rings. The average molecular weight is 255 g/mol. The third kappa shape index (κ3) is 2.56. The maximum atomic E-state index is 11.9. The minimum absolute atomic E-state index is 0.0199. The molecule has 1 fully saturated rings. The van der Waals surface area contributed by atoms with E-state index in [1.165, 1.54) is 13.8 Å². The molecular weight excluding hydrogens is 234 g/mol. The molecule has 0 aromatic carbocycles. The fraction of sp³-hybridized carbons (Fsp3) is 0.692. The minimum Gasteiger partial charge on any atom is -0.478 e. The Morgan fingerprint density at radius 1 is 1.28 bits per heavy atom. The quantitative estimate of drug-likeness (QED) is 0.743.